The fourth-order valence-electron chi connectivity index (χ4n) is 3.15. The first-order chi connectivity index (χ1) is 14.5. The average molecular weight is 408 g/mol. The van der Waals surface area contributed by atoms with Crippen molar-refractivity contribution in [2.24, 2.45) is 0 Å². The summed E-state index contributed by atoms with van der Waals surface area (Å²) in [6.07, 6.45) is 0.303. The van der Waals surface area contributed by atoms with E-state index in [0.29, 0.717) is 23.6 Å². The van der Waals surface area contributed by atoms with Crippen LogP contribution >= 0.6 is 0 Å². The van der Waals surface area contributed by atoms with Gasteiger partial charge in [0.05, 0.1) is 17.6 Å². The fraction of sp³-hybridized carbons (Fsp3) is 0.0909. The molecule has 0 fully saturated rings. The summed E-state index contributed by atoms with van der Waals surface area (Å²) in [4.78, 5) is 14.7. The molecular weight excluding hydrogens is 393 g/mol. The van der Waals surface area contributed by atoms with Crippen LogP contribution in [-0.4, -0.2) is 20.7 Å². The van der Waals surface area contributed by atoms with Crippen LogP contribution in [0.4, 0.5) is 24.5 Å². The van der Waals surface area contributed by atoms with E-state index in [0.717, 1.165) is 28.6 Å². The van der Waals surface area contributed by atoms with Crippen LogP contribution < -0.4 is 5.32 Å². The van der Waals surface area contributed by atoms with Gasteiger partial charge in [-0.2, -0.15) is 18.3 Å². The first kappa shape index (κ1) is 19.4. The molecule has 5 nitrogen and oxygen atoms in total. The van der Waals surface area contributed by atoms with Crippen LogP contribution in [0.15, 0.2) is 73.1 Å². The number of fused-ring (bicyclic) bond motifs is 1. The predicted molar refractivity (Wildman–Crippen MR) is 108 cm³/mol. The number of nitrogens with zero attached hydrogens (tertiary/aromatic N) is 3. The minimum atomic E-state index is -4.39. The largest absolute Gasteiger partial charge is 0.416 e. The third-order valence-electron chi connectivity index (χ3n) is 4.54. The number of hydrogen-bond acceptors (Lipinski definition) is 4. The Morgan fingerprint density at radius 3 is 2.60 bits per heavy atom. The second kappa shape index (κ2) is 7.85. The molecule has 0 aliphatic rings. The number of hydrogen-bond donors (Lipinski definition) is 1. The summed E-state index contributed by atoms with van der Waals surface area (Å²) in [5.74, 6) is 1.74. The van der Waals surface area contributed by atoms with Crippen molar-refractivity contribution < 1.29 is 18.0 Å². The Hall–Kier alpha value is -3.90. The Bertz CT molecular complexity index is 1240. The summed E-state index contributed by atoms with van der Waals surface area (Å²) in [5, 5.41) is 8.38. The van der Waals surface area contributed by atoms with Gasteiger partial charge in [-0.25, -0.2) is 4.79 Å². The molecule has 2 heterocycles. The van der Waals surface area contributed by atoms with Crippen molar-refractivity contribution in [1.82, 2.24) is 14.8 Å². The normalized spacial score (nSPS) is 11.3. The van der Waals surface area contributed by atoms with E-state index in [1.54, 1.807) is 41.2 Å². The molecular formula is C22H15F3N4O. The van der Waals surface area contributed by atoms with Gasteiger partial charge in [-0.3, -0.25) is 9.67 Å². The average Bonchev–Trinajstić information content (AvgIpc) is 3.11. The van der Waals surface area contributed by atoms with Gasteiger partial charge >= 0.3 is 6.18 Å². The van der Waals surface area contributed by atoms with E-state index in [4.69, 9.17) is 0 Å². The van der Waals surface area contributed by atoms with Crippen LogP contribution in [0.5, 0.6) is 0 Å². The molecule has 8 heteroatoms. The standard InChI is InChI=1S/C22H15F3N4O/c23-22(24,25)16-3-1-4-18(13-16)27-17-7-5-15(6-8-17)21-19-14-26-10-9-20(19)29(28-21)11-2-12-30/h1-10,13-14,27H,11H2. The molecule has 0 saturated carbocycles. The van der Waals surface area contributed by atoms with Crippen molar-refractivity contribution in [3.8, 4) is 11.3 Å². The molecule has 0 unspecified atom stereocenters. The fourth-order valence-corrected chi connectivity index (χ4v) is 3.15. The molecule has 0 aliphatic heterocycles. The van der Waals surface area contributed by atoms with E-state index < -0.39 is 11.7 Å². The van der Waals surface area contributed by atoms with Crippen molar-refractivity contribution in [3.63, 3.8) is 0 Å². The number of nitrogens with one attached hydrogen (secondary N) is 1. The summed E-state index contributed by atoms with van der Waals surface area (Å²) in [6.45, 7) is 0.291. The Morgan fingerprint density at radius 1 is 1.07 bits per heavy atom. The molecule has 0 spiro atoms. The first-order valence-corrected chi connectivity index (χ1v) is 9.00. The highest BCUT2D eigenvalue weighted by atomic mass is 19.4. The van der Waals surface area contributed by atoms with Gasteiger partial charge in [-0.1, -0.05) is 18.2 Å². The molecule has 2 aromatic heterocycles. The summed E-state index contributed by atoms with van der Waals surface area (Å²) in [6, 6.07) is 14.0. The third-order valence-corrected chi connectivity index (χ3v) is 4.54. The molecule has 30 heavy (non-hydrogen) atoms. The van der Waals surface area contributed by atoms with Gasteiger partial charge < -0.3 is 5.32 Å². The van der Waals surface area contributed by atoms with Gasteiger partial charge in [0.25, 0.3) is 0 Å². The molecule has 0 bridgehead atoms. The molecule has 0 atom stereocenters. The SMILES string of the molecule is O=C=CCn1nc(-c2ccc(Nc3cccc(C(F)(F)F)c3)cc2)c2cnccc21. The summed E-state index contributed by atoms with van der Waals surface area (Å²) in [5.41, 5.74) is 2.62. The number of allylic oxidation sites excluding steroid dienone is 1. The minimum absolute atomic E-state index is 0.291. The van der Waals surface area contributed by atoms with Gasteiger partial charge in [0.15, 0.2) is 0 Å². The monoisotopic (exact) mass is 408 g/mol. The summed E-state index contributed by atoms with van der Waals surface area (Å²) < 4.78 is 40.4. The van der Waals surface area contributed by atoms with Gasteiger partial charge in [0.2, 0.25) is 0 Å². The number of rotatable bonds is 5. The Balaban J connectivity index is 1.62. The molecule has 0 amide bonds. The number of alkyl halides is 3. The van der Waals surface area contributed by atoms with E-state index in [1.807, 2.05) is 18.2 Å². The second-order valence-electron chi connectivity index (χ2n) is 6.53. The van der Waals surface area contributed by atoms with Crippen LogP contribution in [0, 0.1) is 0 Å². The first-order valence-electron chi connectivity index (χ1n) is 9.00. The summed E-state index contributed by atoms with van der Waals surface area (Å²) >= 11 is 0. The van der Waals surface area contributed by atoms with Gasteiger partial charge in [0, 0.05) is 40.8 Å². The Kier molecular flexibility index (Phi) is 5.08. The van der Waals surface area contributed by atoms with E-state index in [9.17, 15) is 18.0 Å². The number of carbonyl (C=O) groups excluding carboxylic acids is 1. The van der Waals surface area contributed by atoms with Crippen molar-refractivity contribution in [2.75, 3.05) is 5.32 Å². The quantitative estimate of drug-likeness (QED) is 0.459. The lowest BCUT2D eigenvalue weighted by molar-refractivity contribution is -0.137. The van der Waals surface area contributed by atoms with E-state index in [-0.39, 0.29) is 0 Å². The maximum absolute atomic E-state index is 12.9. The smallest absolute Gasteiger partial charge is 0.356 e. The van der Waals surface area contributed by atoms with Crippen molar-refractivity contribution in [1.29, 1.82) is 0 Å². The molecule has 4 aromatic rings. The molecule has 0 saturated heterocycles. The molecule has 0 radical (unpaired) electrons. The topological polar surface area (TPSA) is 59.8 Å². The second-order valence-corrected chi connectivity index (χ2v) is 6.53. The number of halogens is 3. The number of pyridine rings is 1. The third kappa shape index (κ3) is 3.94. The van der Waals surface area contributed by atoms with Crippen LogP contribution in [0.25, 0.3) is 22.2 Å². The number of benzene rings is 2. The maximum atomic E-state index is 12.9. The van der Waals surface area contributed by atoms with Crippen LogP contribution in [-0.2, 0) is 17.5 Å². The van der Waals surface area contributed by atoms with Gasteiger partial charge in [-0.15, -0.1) is 0 Å². The van der Waals surface area contributed by atoms with E-state index in [1.165, 1.54) is 12.1 Å². The highest BCUT2D eigenvalue weighted by Gasteiger charge is 2.30. The zero-order valence-electron chi connectivity index (χ0n) is 15.5. The van der Waals surface area contributed by atoms with E-state index in [2.05, 4.69) is 15.4 Å². The predicted octanol–water partition coefficient (Wildman–Crippen LogP) is 5.25. The van der Waals surface area contributed by atoms with Gasteiger partial charge in [0.1, 0.15) is 11.6 Å². The Labute approximate surface area is 169 Å². The highest BCUT2D eigenvalue weighted by molar-refractivity contribution is 5.93. The molecule has 1 N–H and O–H groups in total. The Morgan fingerprint density at radius 2 is 1.87 bits per heavy atom. The minimum Gasteiger partial charge on any atom is -0.356 e. The van der Waals surface area contributed by atoms with Crippen molar-refractivity contribution in [2.45, 2.75) is 12.7 Å². The lowest BCUT2D eigenvalue weighted by Crippen LogP contribution is -2.05. The van der Waals surface area contributed by atoms with Crippen molar-refractivity contribution >= 4 is 28.2 Å². The molecule has 0 aliphatic carbocycles. The molecule has 4 rings (SSSR count). The zero-order valence-corrected chi connectivity index (χ0v) is 15.5. The maximum Gasteiger partial charge on any atom is 0.416 e. The lowest BCUT2D eigenvalue weighted by Gasteiger charge is -2.11. The van der Waals surface area contributed by atoms with Crippen LogP contribution in [0.2, 0.25) is 0 Å². The zero-order chi connectivity index (χ0) is 21.1. The summed E-state index contributed by atoms with van der Waals surface area (Å²) in [7, 11) is 0. The lowest BCUT2D eigenvalue weighted by atomic mass is 10.1. The van der Waals surface area contributed by atoms with E-state index >= 15 is 0 Å². The van der Waals surface area contributed by atoms with Crippen LogP contribution in [0.1, 0.15) is 5.56 Å². The van der Waals surface area contributed by atoms with Crippen LogP contribution in [0.3, 0.4) is 0 Å². The molecule has 150 valence electrons. The van der Waals surface area contributed by atoms with Gasteiger partial charge in [-0.05, 0) is 36.4 Å². The van der Waals surface area contributed by atoms with Crippen molar-refractivity contribution in [3.05, 3.63) is 78.6 Å². The molecule has 2 aromatic carbocycles. The number of aromatic nitrogens is 3. The number of anilines is 2. The highest BCUT2D eigenvalue weighted by Crippen LogP contribution is 2.32.